The zero-order valence-corrected chi connectivity index (χ0v) is 13.9. The standard InChI is InChI=1S/C17H16ClFN2O3/c1-17(2,24-14-9-5-12(18)6-10-14)16(23)21-20-15(22)11-3-7-13(19)8-4-11/h3-10H,1-2H3,(H,20,22)(H,21,23). The van der Waals surface area contributed by atoms with Gasteiger partial charge in [0.15, 0.2) is 5.60 Å². The second-order valence-electron chi connectivity index (χ2n) is 5.48. The number of carbonyl (C=O) groups is 2. The maximum absolute atomic E-state index is 12.8. The molecular weight excluding hydrogens is 335 g/mol. The molecule has 0 aliphatic carbocycles. The quantitative estimate of drug-likeness (QED) is 0.833. The van der Waals surface area contributed by atoms with Crippen LogP contribution in [0.2, 0.25) is 5.02 Å². The molecule has 2 aromatic rings. The van der Waals surface area contributed by atoms with Gasteiger partial charge in [-0.05, 0) is 62.4 Å². The predicted molar refractivity (Wildman–Crippen MR) is 88.2 cm³/mol. The summed E-state index contributed by atoms with van der Waals surface area (Å²) in [6, 6.07) is 11.5. The van der Waals surface area contributed by atoms with Gasteiger partial charge < -0.3 is 4.74 Å². The second-order valence-corrected chi connectivity index (χ2v) is 5.92. The molecule has 126 valence electrons. The largest absolute Gasteiger partial charge is 0.478 e. The average molecular weight is 351 g/mol. The van der Waals surface area contributed by atoms with Gasteiger partial charge in [0.2, 0.25) is 0 Å². The number of amides is 2. The number of nitrogens with one attached hydrogen (secondary N) is 2. The Kier molecular flexibility index (Phi) is 5.41. The lowest BCUT2D eigenvalue weighted by molar-refractivity contribution is -0.135. The summed E-state index contributed by atoms with van der Waals surface area (Å²) in [4.78, 5) is 24.1. The number of hydrogen-bond donors (Lipinski definition) is 2. The van der Waals surface area contributed by atoms with Crippen molar-refractivity contribution in [3.63, 3.8) is 0 Å². The monoisotopic (exact) mass is 350 g/mol. The molecule has 24 heavy (non-hydrogen) atoms. The fourth-order valence-electron chi connectivity index (χ4n) is 1.78. The van der Waals surface area contributed by atoms with Gasteiger partial charge in [0.05, 0.1) is 0 Å². The normalized spacial score (nSPS) is 10.8. The third-order valence-corrected chi connectivity index (χ3v) is 3.38. The lowest BCUT2D eigenvalue weighted by Gasteiger charge is -2.25. The second kappa shape index (κ2) is 7.31. The Labute approximate surface area is 143 Å². The van der Waals surface area contributed by atoms with Crippen LogP contribution < -0.4 is 15.6 Å². The fraction of sp³-hybridized carbons (Fsp3) is 0.176. The van der Waals surface area contributed by atoms with Crippen LogP contribution >= 0.6 is 11.6 Å². The minimum absolute atomic E-state index is 0.216. The Morgan fingerprint density at radius 2 is 1.58 bits per heavy atom. The Bertz CT molecular complexity index is 731. The van der Waals surface area contributed by atoms with E-state index in [-0.39, 0.29) is 5.56 Å². The molecule has 2 rings (SSSR count). The van der Waals surface area contributed by atoms with E-state index in [1.165, 1.54) is 12.1 Å². The van der Waals surface area contributed by atoms with E-state index in [1.54, 1.807) is 38.1 Å². The molecular formula is C17H16ClFN2O3. The third-order valence-electron chi connectivity index (χ3n) is 3.13. The van der Waals surface area contributed by atoms with E-state index in [0.29, 0.717) is 10.8 Å². The first-order valence-electron chi connectivity index (χ1n) is 7.09. The highest BCUT2D eigenvalue weighted by atomic mass is 35.5. The minimum Gasteiger partial charge on any atom is -0.478 e. The summed E-state index contributed by atoms with van der Waals surface area (Å²) in [6.07, 6.45) is 0. The van der Waals surface area contributed by atoms with Crippen LogP contribution in [0, 0.1) is 5.82 Å². The molecule has 0 unspecified atom stereocenters. The number of rotatable bonds is 4. The van der Waals surface area contributed by atoms with E-state index in [1.807, 2.05) is 0 Å². The highest BCUT2D eigenvalue weighted by Gasteiger charge is 2.30. The summed E-state index contributed by atoms with van der Waals surface area (Å²) in [6.45, 7) is 3.11. The Balaban J connectivity index is 1.93. The van der Waals surface area contributed by atoms with Crippen molar-refractivity contribution >= 4 is 23.4 Å². The number of hydrogen-bond acceptors (Lipinski definition) is 3. The molecule has 0 spiro atoms. The zero-order chi connectivity index (χ0) is 17.7. The fourth-order valence-corrected chi connectivity index (χ4v) is 1.91. The number of carbonyl (C=O) groups excluding carboxylic acids is 2. The molecule has 5 nitrogen and oxygen atoms in total. The van der Waals surface area contributed by atoms with Gasteiger partial charge in [0, 0.05) is 10.6 Å². The van der Waals surface area contributed by atoms with Crippen LogP contribution in [0.25, 0.3) is 0 Å². The maximum Gasteiger partial charge on any atom is 0.281 e. The highest BCUT2D eigenvalue weighted by Crippen LogP contribution is 2.20. The van der Waals surface area contributed by atoms with E-state index in [0.717, 1.165) is 12.1 Å². The third kappa shape index (κ3) is 4.70. The number of ether oxygens (including phenoxy) is 1. The van der Waals surface area contributed by atoms with Gasteiger partial charge in [-0.3, -0.25) is 20.4 Å². The molecule has 0 saturated carbocycles. The van der Waals surface area contributed by atoms with Crippen molar-refractivity contribution in [3.05, 3.63) is 64.9 Å². The topological polar surface area (TPSA) is 67.4 Å². The summed E-state index contributed by atoms with van der Waals surface area (Å²) in [5.74, 6) is -1.10. The van der Waals surface area contributed by atoms with Crippen molar-refractivity contribution in [2.75, 3.05) is 0 Å². The summed E-state index contributed by atoms with van der Waals surface area (Å²) in [5, 5.41) is 0.552. The Hall–Kier alpha value is -2.60. The Morgan fingerprint density at radius 1 is 1.00 bits per heavy atom. The van der Waals surface area contributed by atoms with Crippen molar-refractivity contribution in [2.45, 2.75) is 19.4 Å². The molecule has 2 amide bonds. The summed E-state index contributed by atoms with van der Waals surface area (Å²) in [5.41, 5.74) is 3.52. The van der Waals surface area contributed by atoms with Gasteiger partial charge in [-0.2, -0.15) is 0 Å². The van der Waals surface area contributed by atoms with E-state index < -0.39 is 23.2 Å². The summed E-state index contributed by atoms with van der Waals surface area (Å²) >= 11 is 5.79. The van der Waals surface area contributed by atoms with E-state index in [2.05, 4.69) is 10.9 Å². The van der Waals surface area contributed by atoms with Gasteiger partial charge in [-0.1, -0.05) is 11.6 Å². The van der Waals surface area contributed by atoms with Crippen molar-refractivity contribution in [1.82, 2.24) is 10.9 Å². The molecule has 0 bridgehead atoms. The van der Waals surface area contributed by atoms with Gasteiger partial charge in [0.1, 0.15) is 11.6 Å². The number of benzene rings is 2. The number of halogens is 2. The van der Waals surface area contributed by atoms with Gasteiger partial charge >= 0.3 is 0 Å². The summed E-state index contributed by atoms with van der Waals surface area (Å²) in [7, 11) is 0. The molecule has 0 aliphatic heterocycles. The highest BCUT2D eigenvalue weighted by molar-refractivity contribution is 6.30. The lowest BCUT2D eigenvalue weighted by Crippen LogP contribution is -2.53. The van der Waals surface area contributed by atoms with Crippen LogP contribution in [0.3, 0.4) is 0 Å². The first-order chi connectivity index (χ1) is 11.3. The first kappa shape index (κ1) is 17.7. The molecule has 0 radical (unpaired) electrons. The molecule has 0 aliphatic rings. The Morgan fingerprint density at radius 3 is 2.17 bits per heavy atom. The van der Waals surface area contributed by atoms with Gasteiger partial charge in [0.25, 0.3) is 11.8 Å². The van der Waals surface area contributed by atoms with E-state index in [9.17, 15) is 14.0 Å². The maximum atomic E-state index is 12.8. The zero-order valence-electron chi connectivity index (χ0n) is 13.1. The lowest BCUT2D eigenvalue weighted by atomic mass is 10.1. The number of hydrazine groups is 1. The first-order valence-corrected chi connectivity index (χ1v) is 7.47. The van der Waals surface area contributed by atoms with Crippen LogP contribution in [0.5, 0.6) is 5.75 Å². The predicted octanol–water partition coefficient (Wildman–Crippen LogP) is 3.10. The summed E-state index contributed by atoms with van der Waals surface area (Å²) < 4.78 is 18.4. The van der Waals surface area contributed by atoms with Crippen molar-refractivity contribution in [2.24, 2.45) is 0 Å². The van der Waals surface area contributed by atoms with E-state index >= 15 is 0 Å². The average Bonchev–Trinajstić information content (AvgIpc) is 2.55. The van der Waals surface area contributed by atoms with Gasteiger partial charge in [-0.25, -0.2) is 4.39 Å². The van der Waals surface area contributed by atoms with Crippen LogP contribution in [-0.2, 0) is 4.79 Å². The minimum atomic E-state index is -1.23. The van der Waals surface area contributed by atoms with Crippen molar-refractivity contribution in [1.29, 1.82) is 0 Å². The van der Waals surface area contributed by atoms with Crippen molar-refractivity contribution in [3.8, 4) is 5.75 Å². The molecule has 0 fully saturated rings. The van der Waals surface area contributed by atoms with Crippen LogP contribution in [0.15, 0.2) is 48.5 Å². The van der Waals surface area contributed by atoms with E-state index in [4.69, 9.17) is 16.3 Å². The van der Waals surface area contributed by atoms with Crippen LogP contribution in [-0.4, -0.2) is 17.4 Å². The molecule has 0 saturated heterocycles. The van der Waals surface area contributed by atoms with Crippen LogP contribution in [0.1, 0.15) is 24.2 Å². The molecule has 0 atom stereocenters. The molecule has 7 heteroatoms. The SMILES string of the molecule is CC(C)(Oc1ccc(Cl)cc1)C(=O)NNC(=O)c1ccc(F)cc1. The molecule has 0 heterocycles. The van der Waals surface area contributed by atoms with Gasteiger partial charge in [-0.15, -0.1) is 0 Å². The van der Waals surface area contributed by atoms with Crippen LogP contribution in [0.4, 0.5) is 4.39 Å². The smallest absolute Gasteiger partial charge is 0.281 e. The van der Waals surface area contributed by atoms with Crippen molar-refractivity contribution < 1.29 is 18.7 Å². The molecule has 0 aromatic heterocycles. The molecule has 2 aromatic carbocycles. The molecule has 2 N–H and O–H groups in total.